The smallest absolute Gasteiger partial charge is 0.243 e. The van der Waals surface area contributed by atoms with Crippen LogP contribution in [0.4, 0.5) is 4.39 Å². The first-order valence-electron chi connectivity index (χ1n) is 7.16. The topological polar surface area (TPSA) is 42.2 Å². The van der Waals surface area contributed by atoms with E-state index in [4.69, 9.17) is 4.52 Å². The third-order valence-electron chi connectivity index (χ3n) is 3.56. The summed E-state index contributed by atoms with van der Waals surface area (Å²) in [6, 6.07) is 4.84. The Morgan fingerprint density at radius 2 is 2.05 bits per heavy atom. The van der Waals surface area contributed by atoms with Crippen molar-refractivity contribution in [2.75, 3.05) is 7.05 Å². The Morgan fingerprint density at radius 3 is 2.64 bits per heavy atom. The molecule has 0 amide bonds. The summed E-state index contributed by atoms with van der Waals surface area (Å²) in [7, 11) is 1.91. The van der Waals surface area contributed by atoms with Crippen LogP contribution in [0, 0.1) is 5.82 Å². The molecule has 0 aliphatic carbocycles. The normalized spacial score (nSPS) is 13.6. The molecule has 2 rings (SSSR count). The summed E-state index contributed by atoms with van der Waals surface area (Å²) in [4.78, 5) is 6.44. The minimum absolute atomic E-state index is 0.0954. The van der Waals surface area contributed by atoms with Crippen molar-refractivity contribution in [2.24, 2.45) is 0 Å². The van der Waals surface area contributed by atoms with Crippen molar-refractivity contribution in [3.8, 4) is 0 Å². The van der Waals surface area contributed by atoms with E-state index in [-0.39, 0.29) is 17.3 Å². The van der Waals surface area contributed by atoms with Gasteiger partial charge in [-0.05, 0) is 32.2 Å². The molecule has 6 heteroatoms. The van der Waals surface area contributed by atoms with Crippen molar-refractivity contribution in [1.82, 2.24) is 15.0 Å². The highest BCUT2D eigenvalue weighted by atomic mass is 79.9. The molecular formula is C16H21BrFN3O. The Hall–Kier alpha value is -1.27. The van der Waals surface area contributed by atoms with Crippen LogP contribution in [0.25, 0.3) is 0 Å². The van der Waals surface area contributed by atoms with Crippen LogP contribution in [0.5, 0.6) is 0 Å². The molecule has 0 saturated heterocycles. The summed E-state index contributed by atoms with van der Waals surface area (Å²) >= 11 is 3.37. The van der Waals surface area contributed by atoms with Crippen molar-refractivity contribution in [2.45, 2.75) is 45.7 Å². The lowest BCUT2D eigenvalue weighted by Crippen LogP contribution is -2.23. The molecule has 0 saturated carbocycles. The molecule has 4 nitrogen and oxygen atoms in total. The Kier molecular flexibility index (Phi) is 5.02. The predicted molar refractivity (Wildman–Crippen MR) is 87.0 cm³/mol. The van der Waals surface area contributed by atoms with Gasteiger partial charge in [0.25, 0.3) is 0 Å². The van der Waals surface area contributed by atoms with E-state index >= 15 is 0 Å². The van der Waals surface area contributed by atoms with Crippen LogP contribution < -0.4 is 0 Å². The lowest BCUT2D eigenvalue weighted by Gasteiger charge is -2.22. The largest absolute Gasteiger partial charge is 0.338 e. The molecule has 1 aromatic carbocycles. The monoisotopic (exact) mass is 369 g/mol. The fourth-order valence-electron chi connectivity index (χ4n) is 1.97. The second kappa shape index (κ2) is 6.46. The Labute approximate surface area is 138 Å². The second-order valence-electron chi connectivity index (χ2n) is 6.53. The highest BCUT2D eigenvalue weighted by molar-refractivity contribution is 9.10. The van der Waals surface area contributed by atoms with E-state index in [9.17, 15) is 4.39 Å². The molecule has 0 fully saturated rings. The maximum Gasteiger partial charge on any atom is 0.243 e. The first-order chi connectivity index (χ1) is 10.2. The zero-order chi connectivity index (χ0) is 16.5. The number of hydrogen-bond acceptors (Lipinski definition) is 4. The van der Waals surface area contributed by atoms with E-state index in [0.29, 0.717) is 23.8 Å². The van der Waals surface area contributed by atoms with Gasteiger partial charge in [0.2, 0.25) is 5.89 Å². The van der Waals surface area contributed by atoms with Gasteiger partial charge < -0.3 is 4.52 Å². The van der Waals surface area contributed by atoms with E-state index in [2.05, 4.69) is 26.1 Å². The van der Waals surface area contributed by atoms with Crippen LogP contribution in [0.15, 0.2) is 27.2 Å². The van der Waals surface area contributed by atoms with E-state index in [1.807, 2.05) is 39.6 Å². The lowest BCUT2D eigenvalue weighted by atomic mass is 9.96. The summed E-state index contributed by atoms with van der Waals surface area (Å²) in [6.07, 6.45) is 0. The standard InChI is InChI=1S/C16H21BrFN3O/c1-10(14-19-15(20-22-14)16(2,3)4)21(5)9-11-8-12(17)6-7-13(11)18/h6-8,10H,9H2,1-5H3. The summed E-state index contributed by atoms with van der Waals surface area (Å²) in [5.74, 6) is 1.00. The molecule has 0 aliphatic heterocycles. The van der Waals surface area contributed by atoms with Gasteiger partial charge in [0.1, 0.15) is 5.82 Å². The third-order valence-corrected chi connectivity index (χ3v) is 4.05. The summed E-state index contributed by atoms with van der Waals surface area (Å²) in [6.45, 7) is 8.53. The fourth-order valence-corrected chi connectivity index (χ4v) is 2.38. The molecule has 0 N–H and O–H groups in total. The van der Waals surface area contributed by atoms with Gasteiger partial charge in [0.05, 0.1) is 6.04 Å². The van der Waals surface area contributed by atoms with Crippen LogP contribution in [0.1, 0.15) is 51.0 Å². The molecule has 22 heavy (non-hydrogen) atoms. The fraction of sp³-hybridized carbons (Fsp3) is 0.500. The van der Waals surface area contributed by atoms with Gasteiger partial charge in [0.15, 0.2) is 5.82 Å². The number of hydrogen-bond donors (Lipinski definition) is 0. The van der Waals surface area contributed by atoms with Gasteiger partial charge in [0, 0.05) is 22.0 Å². The number of halogens is 2. The van der Waals surface area contributed by atoms with Crippen LogP contribution >= 0.6 is 15.9 Å². The van der Waals surface area contributed by atoms with Crippen LogP contribution in [-0.2, 0) is 12.0 Å². The zero-order valence-corrected chi connectivity index (χ0v) is 15.1. The molecule has 1 aromatic heterocycles. The molecule has 120 valence electrons. The third kappa shape index (κ3) is 3.93. The maximum atomic E-state index is 13.9. The van der Waals surface area contributed by atoms with Crippen LogP contribution in [-0.4, -0.2) is 22.1 Å². The first-order valence-corrected chi connectivity index (χ1v) is 7.96. The Balaban J connectivity index is 2.13. The van der Waals surface area contributed by atoms with Crippen molar-refractivity contribution in [3.63, 3.8) is 0 Å². The number of benzene rings is 1. The van der Waals surface area contributed by atoms with Crippen LogP contribution in [0.3, 0.4) is 0 Å². The van der Waals surface area contributed by atoms with Crippen molar-refractivity contribution in [1.29, 1.82) is 0 Å². The van der Waals surface area contributed by atoms with Crippen molar-refractivity contribution in [3.05, 3.63) is 45.8 Å². The number of rotatable bonds is 4. The summed E-state index contributed by atoms with van der Waals surface area (Å²) < 4.78 is 20.1. The van der Waals surface area contributed by atoms with E-state index in [1.165, 1.54) is 6.07 Å². The zero-order valence-electron chi connectivity index (χ0n) is 13.5. The van der Waals surface area contributed by atoms with Gasteiger partial charge in [-0.15, -0.1) is 0 Å². The predicted octanol–water partition coefficient (Wildman–Crippen LogP) is 4.46. The Morgan fingerprint density at radius 1 is 1.36 bits per heavy atom. The minimum atomic E-state index is -0.219. The van der Waals surface area contributed by atoms with Gasteiger partial charge in [-0.25, -0.2) is 4.39 Å². The molecule has 0 spiro atoms. The maximum absolute atomic E-state index is 13.9. The van der Waals surface area contributed by atoms with E-state index < -0.39 is 0 Å². The molecule has 0 aliphatic rings. The average molecular weight is 370 g/mol. The SMILES string of the molecule is CC(c1nc(C(C)(C)C)no1)N(C)Cc1cc(Br)ccc1F. The highest BCUT2D eigenvalue weighted by Crippen LogP contribution is 2.25. The van der Waals surface area contributed by atoms with Gasteiger partial charge >= 0.3 is 0 Å². The molecule has 1 unspecified atom stereocenters. The molecular weight excluding hydrogens is 349 g/mol. The van der Waals surface area contributed by atoms with Crippen molar-refractivity contribution < 1.29 is 8.91 Å². The lowest BCUT2D eigenvalue weighted by molar-refractivity contribution is 0.200. The van der Waals surface area contributed by atoms with Crippen molar-refractivity contribution >= 4 is 15.9 Å². The molecule has 1 atom stereocenters. The summed E-state index contributed by atoms with van der Waals surface area (Å²) in [5, 5.41) is 4.04. The van der Waals surface area contributed by atoms with E-state index in [0.717, 1.165) is 4.47 Å². The number of aromatic nitrogens is 2. The quantitative estimate of drug-likeness (QED) is 0.797. The van der Waals surface area contributed by atoms with E-state index in [1.54, 1.807) is 12.1 Å². The first kappa shape index (κ1) is 17.1. The van der Waals surface area contributed by atoms with Crippen LogP contribution in [0.2, 0.25) is 0 Å². The number of nitrogens with zero attached hydrogens (tertiary/aromatic N) is 3. The van der Waals surface area contributed by atoms with Gasteiger partial charge in [-0.2, -0.15) is 4.98 Å². The minimum Gasteiger partial charge on any atom is -0.338 e. The van der Waals surface area contributed by atoms with Gasteiger partial charge in [-0.3, -0.25) is 4.90 Å². The molecule has 0 bridgehead atoms. The average Bonchev–Trinajstić information content (AvgIpc) is 2.91. The van der Waals surface area contributed by atoms with Gasteiger partial charge in [-0.1, -0.05) is 41.9 Å². The molecule has 1 heterocycles. The molecule has 2 aromatic rings. The molecule has 0 radical (unpaired) electrons. The highest BCUT2D eigenvalue weighted by Gasteiger charge is 2.25. The Bertz CT molecular complexity index is 651. The summed E-state index contributed by atoms with van der Waals surface area (Å²) in [5.41, 5.74) is 0.468. The second-order valence-corrected chi connectivity index (χ2v) is 7.45.